The third kappa shape index (κ3) is 5.16. The molecule has 10 heteroatoms. The molecule has 2 aromatic heterocycles. The summed E-state index contributed by atoms with van der Waals surface area (Å²) in [5, 5.41) is 4.02. The zero-order valence-corrected chi connectivity index (χ0v) is 24.8. The second kappa shape index (κ2) is 10.9. The average Bonchev–Trinajstić information content (AvgIpc) is 3.42. The fraction of sp³-hybridized carbons (Fsp3) is 0.267. The summed E-state index contributed by atoms with van der Waals surface area (Å²) in [6.45, 7) is 6.41. The van der Waals surface area contributed by atoms with Crippen LogP contribution in [0, 0.1) is 13.8 Å². The van der Waals surface area contributed by atoms with Crippen molar-refractivity contribution in [3.05, 3.63) is 101 Å². The fourth-order valence-corrected chi connectivity index (χ4v) is 6.46. The summed E-state index contributed by atoms with van der Waals surface area (Å²) in [5.74, 6) is 0.416. The summed E-state index contributed by atoms with van der Waals surface area (Å²) in [6, 6.07) is 21.4. The Bertz CT molecular complexity index is 1670. The molecule has 0 unspecified atom stereocenters. The van der Waals surface area contributed by atoms with Gasteiger partial charge in [0.05, 0.1) is 36.8 Å². The lowest BCUT2D eigenvalue weighted by Crippen LogP contribution is -2.29. The number of para-hydroxylation sites is 1. The minimum atomic E-state index is -3.54. The molecule has 2 atom stereocenters. The van der Waals surface area contributed by atoms with Crippen molar-refractivity contribution in [2.24, 2.45) is 0 Å². The Hall–Kier alpha value is -3.89. The Kier molecular flexibility index (Phi) is 7.57. The van der Waals surface area contributed by atoms with Crippen molar-refractivity contribution in [1.82, 2.24) is 14.9 Å². The van der Waals surface area contributed by atoms with Crippen molar-refractivity contribution < 1.29 is 13.2 Å². The van der Waals surface area contributed by atoms with E-state index in [0.717, 1.165) is 46.7 Å². The normalized spacial score (nSPS) is 17.1. The molecule has 0 radical (unpaired) electrons. The lowest BCUT2D eigenvalue weighted by atomic mass is 9.96. The SMILES string of the molecule is CCc1ccccc1-n1c(C)cc([C@H]2[C@@H](c3ccccn3)NC(=S)N2c2ccc(OC)c(NS(C)(=O)=O)c2)c1C. The minimum Gasteiger partial charge on any atom is -0.495 e. The molecule has 2 N–H and O–H groups in total. The highest BCUT2D eigenvalue weighted by Gasteiger charge is 2.42. The van der Waals surface area contributed by atoms with Crippen LogP contribution >= 0.6 is 12.2 Å². The lowest BCUT2D eigenvalue weighted by molar-refractivity contribution is 0.417. The molecule has 8 nitrogen and oxygen atoms in total. The van der Waals surface area contributed by atoms with E-state index in [2.05, 4.69) is 70.7 Å². The Morgan fingerprint density at radius 1 is 1.07 bits per heavy atom. The average molecular weight is 576 g/mol. The highest BCUT2D eigenvalue weighted by Crippen LogP contribution is 2.45. The van der Waals surface area contributed by atoms with Crippen molar-refractivity contribution in [2.45, 2.75) is 39.3 Å². The summed E-state index contributed by atoms with van der Waals surface area (Å²) in [7, 11) is -2.03. The van der Waals surface area contributed by atoms with Gasteiger partial charge < -0.3 is 19.5 Å². The van der Waals surface area contributed by atoms with Crippen LogP contribution in [0.5, 0.6) is 5.75 Å². The molecule has 1 aliphatic rings. The van der Waals surface area contributed by atoms with Crippen molar-refractivity contribution in [3.8, 4) is 11.4 Å². The van der Waals surface area contributed by atoms with Crippen LogP contribution in [0.1, 0.15) is 47.2 Å². The number of anilines is 2. The molecule has 208 valence electrons. The zero-order chi connectivity index (χ0) is 28.6. The number of hydrogen-bond acceptors (Lipinski definition) is 5. The number of benzene rings is 2. The summed E-state index contributed by atoms with van der Waals surface area (Å²) < 4.78 is 34.6. The van der Waals surface area contributed by atoms with E-state index in [-0.39, 0.29) is 12.1 Å². The van der Waals surface area contributed by atoms with Crippen LogP contribution in [0.4, 0.5) is 11.4 Å². The fourth-order valence-electron chi connectivity index (χ4n) is 5.56. The van der Waals surface area contributed by atoms with Crippen LogP contribution < -0.4 is 19.7 Å². The zero-order valence-electron chi connectivity index (χ0n) is 23.2. The van der Waals surface area contributed by atoms with Gasteiger partial charge in [0.15, 0.2) is 5.11 Å². The van der Waals surface area contributed by atoms with Gasteiger partial charge in [-0.1, -0.05) is 31.2 Å². The number of nitrogens with zero attached hydrogens (tertiary/aromatic N) is 3. The molecule has 5 rings (SSSR count). The summed E-state index contributed by atoms with van der Waals surface area (Å²) in [6.07, 6.45) is 3.81. The first-order chi connectivity index (χ1) is 19.1. The van der Waals surface area contributed by atoms with Crippen molar-refractivity contribution in [3.63, 3.8) is 0 Å². The number of thiocarbonyl (C=S) groups is 1. The maximum Gasteiger partial charge on any atom is 0.229 e. The number of rotatable bonds is 8. The van der Waals surface area contributed by atoms with Crippen LogP contribution in [0.15, 0.2) is 72.9 Å². The number of methoxy groups -OCH3 is 1. The second-order valence-corrected chi connectivity index (χ2v) is 12.0. The van der Waals surface area contributed by atoms with Crippen LogP contribution in [-0.4, -0.2) is 36.4 Å². The minimum absolute atomic E-state index is 0.238. The molecule has 1 fully saturated rings. The molecule has 0 spiro atoms. The van der Waals surface area contributed by atoms with Gasteiger partial charge in [0, 0.05) is 29.0 Å². The van der Waals surface area contributed by atoms with E-state index < -0.39 is 10.0 Å². The quantitative estimate of drug-likeness (QED) is 0.264. The van der Waals surface area contributed by atoms with Gasteiger partial charge in [-0.15, -0.1) is 0 Å². The molecular weight excluding hydrogens is 542 g/mol. The highest BCUT2D eigenvalue weighted by atomic mass is 32.2. The highest BCUT2D eigenvalue weighted by molar-refractivity contribution is 7.92. The topological polar surface area (TPSA) is 88.5 Å². The molecule has 1 aliphatic heterocycles. The molecule has 0 amide bonds. The first kappa shape index (κ1) is 27.7. The van der Waals surface area contributed by atoms with Crippen LogP contribution in [-0.2, 0) is 16.4 Å². The Balaban J connectivity index is 1.70. The molecule has 4 aromatic rings. The summed E-state index contributed by atoms with van der Waals surface area (Å²) in [5.41, 5.74) is 7.66. The number of ether oxygens (including phenoxy) is 1. The monoisotopic (exact) mass is 575 g/mol. The van der Waals surface area contributed by atoms with Crippen LogP contribution in [0.2, 0.25) is 0 Å². The Labute approximate surface area is 241 Å². The molecular formula is C30H33N5O3S2. The van der Waals surface area contributed by atoms with Gasteiger partial charge in [-0.3, -0.25) is 9.71 Å². The number of nitrogens with one attached hydrogen (secondary N) is 2. The van der Waals surface area contributed by atoms with E-state index in [1.165, 1.54) is 12.7 Å². The van der Waals surface area contributed by atoms with E-state index in [9.17, 15) is 8.42 Å². The van der Waals surface area contributed by atoms with Gasteiger partial charge in [0.25, 0.3) is 0 Å². The number of sulfonamides is 1. The number of aromatic nitrogens is 2. The molecule has 40 heavy (non-hydrogen) atoms. The first-order valence-electron chi connectivity index (χ1n) is 13.1. The largest absolute Gasteiger partial charge is 0.495 e. The third-order valence-electron chi connectivity index (χ3n) is 7.26. The van der Waals surface area contributed by atoms with E-state index >= 15 is 0 Å². The third-order valence-corrected chi connectivity index (χ3v) is 8.16. The number of aryl methyl sites for hydroxylation is 2. The maximum absolute atomic E-state index is 12.1. The predicted molar refractivity (Wildman–Crippen MR) is 164 cm³/mol. The lowest BCUT2D eigenvalue weighted by Gasteiger charge is -2.29. The van der Waals surface area contributed by atoms with Crippen molar-refractivity contribution >= 4 is 38.7 Å². The first-order valence-corrected chi connectivity index (χ1v) is 15.4. The maximum atomic E-state index is 12.1. The van der Waals surface area contributed by atoms with Crippen LogP contribution in [0.25, 0.3) is 5.69 Å². The van der Waals surface area contributed by atoms with E-state index in [4.69, 9.17) is 17.0 Å². The smallest absolute Gasteiger partial charge is 0.229 e. The molecule has 0 saturated carbocycles. The molecule has 1 saturated heterocycles. The van der Waals surface area contributed by atoms with Gasteiger partial charge in [-0.25, -0.2) is 8.42 Å². The molecule has 0 bridgehead atoms. The van der Waals surface area contributed by atoms with Crippen LogP contribution in [0.3, 0.4) is 0 Å². The number of hydrogen-bond donors (Lipinski definition) is 2. The summed E-state index contributed by atoms with van der Waals surface area (Å²) in [4.78, 5) is 6.71. The standard InChI is InChI=1S/C30H33N5O3S2/c1-6-21-11-7-8-13-26(21)34-19(2)17-23(20(34)3)29-28(24-12-9-10-16-31-24)32-30(39)35(29)22-14-15-27(38-4)25(18-22)33-40(5,36)37/h7-18,28-29,33H,6H2,1-5H3,(H,32,39)/t28-,29+/m1/s1. The predicted octanol–water partition coefficient (Wildman–Crippen LogP) is 5.61. The van der Waals surface area contributed by atoms with Gasteiger partial charge >= 0.3 is 0 Å². The van der Waals surface area contributed by atoms with Gasteiger partial charge in [-0.2, -0.15) is 0 Å². The number of pyridine rings is 1. The molecule has 2 aromatic carbocycles. The Morgan fingerprint density at radius 2 is 1.82 bits per heavy atom. The van der Waals surface area contributed by atoms with E-state index in [1.54, 1.807) is 18.3 Å². The van der Waals surface area contributed by atoms with E-state index in [1.807, 2.05) is 29.2 Å². The summed E-state index contributed by atoms with van der Waals surface area (Å²) >= 11 is 5.92. The Morgan fingerprint density at radius 3 is 2.50 bits per heavy atom. The van der Waals surface area contributed by atoms with E-state index in [0.29, 0.717) is 16.5 Å². The van der Waals surface area contributed by atoms with Gasteiger partial charge in [0.1, 0.15) is 5.75 Å². The van der Waals surface area contributed by atoms with Crippen molar-refractivity contribution in [2.75, 3.05) is 23.0 Å². The van der Waals surface area contributed by atoms with Gasteiger partial charge in [0.2, 0.25) is 10.0 Å². The molecule has 3 heterocycles. The van der Waals surface area contributed by atoms with Gasteiger partial charge in [-0.05, 0) is 86.1 Å². The second-order valence-electron chi connectivity index (χ2n) is 9.90. The molecule has 0 aliphatic carbocycles. The van der Waals surface area contributed by atoms with Crippen molar-refractivity contribution in [1.29, 1.82) is 0 Å².